The van der Waals surface area contributed by atoms with Crippen LogP contribution in [0, 0.1) is 42.0 Å². The minimum absolute atomic E-state index is 0.104. The van der Waals surface area contributed by atoms with Gasteiger partial charge in [0.15, 0.2) is 11.6 Å². The highest BCUT2D eigenvalue weighted by Crippen LogP contribution is 2.24. The summed E-state index contributed by atoms with van der Waals surface area (Å²) in [6.07, 6.45) is 4.03. The highest BCUT2D eigenvalue weighted by Gasteiger charge is 2.09. The number of benzene rings is 3. The molecular formula is C30H34F4. The van der Waals surface area contributed by atoms with E-state index in [9.17, 15) is 17.6 Å². The van der Waals surface area contributed by atoms with Crippen LogP contribution in [-0.4, -0.2) is 0 Å². The molecule has 0 aliphatic heterocycles. The van der Waals surface area contributed by atoms with Crippen LogP contribution in [0.15, 0.2) is 48.5 Å². The van der Waals surface area contributed by atoms with E-state index in [1.54, 1.807) is 13.0 Å². The number of aryl methyl sites for hydroxylation is 2. The number of unbranched alkanes of at least 4 members (excludes halogenated alkanes) is 2. The molecule has 0 aromatic heterocycles. The number of hydrogen-bond acceptors (Lipinski definition) is 0. The predicted octanol–water partition coefficient (Wildman–Crippen LogP) is 9.40. The summed E-state index contributed by atoms with van der Waals surface area (Å²) < 4.78 is 55.5. The van der Waals surface area contributed by atoms with Crippen molar-refractivity contribution in [2.75, 3.05) is 0 Å². The third kappa shape index (κ3) is 8.06. The van der Waals surface area contributed by atoms with Crippen LogP contribution in [0.5, 0.6) is 0 Å². The van der Waals surface area contributed by atoms with Gasteiger partial charge < -0.3 is 0 Å². The van der Waals surface area contributed by atoms with E-state index in [2.05, 4.69) is 18.8 Å². The van der Waals surface area contributed by atoms with Crippen LogP contribution in [0.1, 0.15) is 76.1 Å². The largest absolute Gasteiger partial charge is 0.206 e. The lowest BCUT2D eigenvalue weighted by atomic mass is 10.00. The van der Waals surface area contributed by atoms with Crippen molar-refractivity contribution in [3.63, 3.8) is 0 Å². The molecule has 0 atom stereocenters. The van der Waals surface area contributed by atoms with Gasteiger partial charge in [0.1, 0.15) is 11.6 Å². The molecule has 0 radical (unpaired) electrons. The Hall–Kier alpha value is -3.06. The van der Waals surface area contributed by atoms with Crippen molar-refractivity contribution in [2.24, 2.45) is 0 Å². The first kappa shape index (κ1) is 29.0. The smallest absolute Gasteiger partial charge is 0.159 e. The highest BCUT2D eigenvalue weighted by atomic mass is 19.2. The van der Waals surface area contributed by atoms with Crippen LogP contribution in [0.25, 0.3) is 11.1 Å². The molecule has 0 fully saturated rings. The van der Waals surface area contributed by atoms with Crippen molar-refractivity contribution in [1.29, 1.82) is 0 Å². The molecule has 0 aliphatic rings. The second kappa shape index (κ2) is 15.0. The van der Waals surface area contributed by atoms with Gasteiger partial charge in [0, 0.05) is 0 Å². The van der Waals surface area contributed by atoms with E-state index >= 15 is 0 Å². The molecule has 0 N–H and O–H groups in total. The van der Waals surface area contributed by atoms with Crippen LogP contribution >= 0.6 is 0 Å². The highest BCUT2D eigenvalue weighted by molar-refractivity contribution is 5.65. The SMILES string of the molecule is CC.CC.CCCCCc1cc(C)c(C#Cc2ccc(-c3ccc(F)c(F)c3)cc2F)c(F)c1. The number of halogens is 4. The van der Waals surface area contributed by atoms with E-state index < -0.39 is 23.3 Å². The number of hydrogen-bond donors (Lipinski definition) is 0. The van der Waals surface area contributed by atoms with Crippen molar-refractivity contribution in [3.8, 4) is 23.0 Å². The average molecular weight is 471 g/mol. The minimum Gasteiger partial charge on any atom is -0.206 e. The summed E-state index contributed by atoms with van der Waals surface area (Å²) in [6.45, 7) is 11.9. The van der Waals surface area contributed by atoms with Gasteiger partial charge in [-0.2, -0.15) is 0 Å². The molecule has 0 bridgehead atoms. The van der Waals surface area contributed by atoms with Crippen LogP contribution in [0.2, 0.25) is 0 Å². The lowest BCUT2D eigenvalue weighted by Crippen LogP contribution is -1.95. The fourth-order valence-electron chi connectivity index (χ4n) is 3.30. The van der Waals surface area contributed by atoms with Crippen molar-refractivity contribution in [2.45, 2.75) is 67.2 Å². The normalized spacial score (nSPS) is 9.71. The fraction of sp³-hybridized carbons (Fsp3) is 0.333. The molecule has 34 heavy (non-hydrogen) atoms. The lowest BCUT2D eigenvalue weighted by molar-refractivity contribution is 0.509. The Kier molecular flexibility index (Phi) is 12.7. The van der Waals surface area contributed by atoms with E-state index in [4.69, 9.17) is 0 Å². The van der Waals surface area contributed by atoms with Crippen molar-refractivity contribution < 1.29 is 17.6 Å². The lowest BCUT2D eigenvalue weighted by Gasteiger charge is -2.06. The molecule has 0 aliphatic carbocycles. The van der Waals surface area contributed by atoms with Crippen LogP contribution in [0.3, 0.4) is 0 Å². The molecule has 4 heteroatoms. The standard InChI is InChI=1S/C26H22F4.2C2H6/c1-3-4-5-6-18-13-17(2)22(25(29)14-18)11-9-19-7-8-20(15-24(19)28)21-10-12-23(27)26(30)16-21;2*1-2/h7-8,10,12-16H,3-6H2,1-2H3;2*1-2H3. The molecule has 3 aromatic carbocycles. The maximum Gasteiger partial charge on any atom is 0.159 e. The van der Waals surface area contributed by atoms with Crippen LogP contribution in [-0.2, 0) is 6.42 Å². The zero-order valence-corrected chi connectivity index (χ0v) is 21.0. The molecule has 3 rings (SSSR count). The second-order valence-electron chi connectivity index (χ2n) is 7.30. The van der Waals surface area contributed by atoms with E-state index in [1.165, 1.54) is 24.3 Å². The van der Waals surface area contributed by atoms with Gasteiger partial charge in [0.25, 0.3) is 0 Å². The summed E-state index contributed by atoms with van der Waals surface area (Å²) >= 11 is 0. The Balaban J connectivity index is 0.00000137. The Morgan fingerprint density at radius 2 is 1.26 bits per heavy atom. The summed E-state index contributed by atoms with van der Waals surface area (Å²) in [5.41, 5.74) is 2.76. The third-order valence-electron chi connectivity index (χ3n) is 4.96. The topological polar surface area (TPSA) is 0 Å². The zero-order valence-electron chi connectivity index (χ0n) is 21.0. The van der Waals surface area contributed by atoms with E-state index in [1.807, 2.05) is 33.8 Å². The molecule has 182 valence electrons. The maximum absolute atomic E-state index is 14.5. The van der Waals surface area contributed by atoms with Gasteiger partial charge in [0.2, 0.25) is 0 Å². The van der Waals surface area contributed by atoms with E-state index in [0.29, 0.717) is 16.7 Å². The molecule has 0 nitrogen and oxygen atoms in total. The van der Waals surface area contributed by atoms with Crippen molar-refractivity contribution in [3.05, 3.63) is 94.1 Å². The van der Waals surface area contributed by atoms with Gasteiger partial charge in [-0.05, 0) is 72.4 Å². The van der Waals surface area contributed by atoms with Crippen molar-refractivity contribution >= 4 is 0 Å². The summed E-state index contributed by atoms with van der Waals surface area (Å²) in [5.74, 6) is 2.43. The Labute approximate surface area is 202 Å². The molecule has 0 saturated heterocycles. The van der Waals surface area contributed by atoms with Gasteiger partial charge in [0.05, 0.1) is 11.1 Å². The molecule has 0 heterocycles. The zero-order chi connectivity index (χ0) is 25.7. The minimum atomic E-state index is -0.999. The van der Waals surface area contributed by atoms with Crippen LogP contribution in [0.4, 0.5) is 17.6 Å². The summed E-state index contributed by atoms with van der Waals surface area (Å²) in [5, 5.41) is 0. The quantitative estimate of drug-likeness (QED) is 0.198. The molecule has 0 unspecified atom stereocenters. The van der Waals surface area contributed by atoms with Gasteiger partial charge in [-0.15, -0.1) is 0 Å². The molecule has 0 saturated carbocycles. The summed E-state index contributed by atoms with van der Waals surface area (Å²) in [4.78, 5) is 0. The molecule has 0 amide bonds. The van der Waals surface area contributed by atoms with Crippen LogP contribution < -0.4 is 0 Å². The monoisotopic (exact) mass is 470 g/mol. The first-order valence-electron chi connectivity index (χ1n) is 11.9. The van der Waals surface area contributed by atoms with E-state index in [-0.39, 0.29) is 11.1 Å². The predicted molar refractivity (Wildman–Crippen MR) is 135 cm³/mol. The first-order chi connectivity index (χ1) is 16.4. The second-order valence-corrected chi connectivity index (χ2v) is 7.30. The molecule has 0 spiro atoms. The first-order valence-corrected chi connectivity index (χ1v) is 11.9. The summed E-state index contributed by atoms with van der Waals surface area (Å²) in [6, 6.07) is 11.0. The average Bonchev–Trinajstić information content (AvgIpc) is 2.84. The van der Waals surface area contributed by atoms with Gasteiger partial charge in [-0.3, -0.25) is 0 Å². The van der Waals surface area contributed by atoms with Gasteiger partial charge >= 0.3 is 0 Å². The summed E-state index contributed by atoms with van der Waals surface area (Å²) in [7, 11) is 0. The molecular weight excluding hydrogens is 436 g/mol. The Morgan fingerprint density at radius 3 is 1.82 bits per heavy atom. The Morgan fingerprint density at radius 1 is 0.647 bits per heavy atom. The molecule has 3 aromatic rings. The fourth-order valence-corrected chi connectivity index (χ4v) is 3.30. The van der Waals surface area contributed by atoms with Gasteiger partial charge in [-0.1, -0.05) is 77.5 Å². The number of rotatable bonds is 5. The maximum atomic E-state index is 14.5. The third-order valence-corrected chi connectivity index (χ3v) is 4.96. The van der Waals surface area contributed by atoms with Gasteiger partial charge in [-0.25, -0.2) is 17.6 Å². The Bertz CT molecular complexity index is 1100. The van der Waals surface area contributed by atoms with Crippen molar-refractivity contribution in [1.82, 2.24) is 0 Å². The van der Waals surface area contributed by atoms with E-state index in [0.717, 1.165) is 43.4 Å².